The number of rotatable bonds is 6. The summed E-state index contributed by atoms with van der Waals surface area (Å²) < 4.78 is 19.2. The smallest absolute Gasteiger partial charge is 0.262 e. The van der Waals surface area contributed by atoms with Crippen molar-refractivity contribution in [2.75, 3.05) is 17.2 Å². The van der Waals surface area contributed by atoms with Crippen LogP contribution in [0.3, 0.4) is 0 Å². The molecular formula is C21H16ClFN2O3. The molecule has 0 aliphatic carbocycles. The molecule has 28 heavy (non-hydrogen) atoms. The molecule has 0 unspecified atom stereocenters. The molecule has 3 aromatic carbocycles. The number of hydrogen-bond acceptors (Lipinski definition) is 3. The van der Waals surface area contributed by atoms with E-state index < -0.39 is 18.3 Å². The van der Waals surface area contributed by atoms with Gasteiger partial charge in [0.25, 0.3) is 11.8 Å². The van der Waals surface area contributed by atoms with Crippen LogP contribution >= 0.6 is 11.6 Å². The second-order valence-electron chi connectivity index (χ2n) is 5.78. The zero-order chi connectivity index (χ0) is 19.9. The van der Waals surface area contributed by atoms with E-state index in [1.54, 1.807) is 48.5 Å². The van der Waals surface area contributed by atoms with Gasteiger partial charge in [-0.3, -0.25) is 9.59 Å². The molecule has 2 N–H and O–H groups in total. The molecule has 0 aliphatic heterocycles. The molecule has 0 atom stereocenters. The molecular weight excluding hydrogens is 383 g/mol. The lowest BCUT2D eigenvalue weighted by Crippen LogP contribution is -2.22. The van der Waals surface area contributed by atoms with Crippen molar-refractivity contribution in [3.63, 3.8) is 0 Å². The van der Waals surface area contributed by atoms with E-state index in [1.165, 1.54) is 12.1 Å². The number of hydrogen-bond donors (Lipinski definition) is 2. The van der Waals surface area contributed by atoms with E-state index in [-0.39, 0.29) is 22.9 Å². The topological polar surface area (TPSA) is 67.4 Å². The molecule has 3 aromatic rings. The van der Waals surface area contributed by atoms with E-state index in [1.807, 2.05) is 6.07 Å². The van der Waals surface area contributed by atoms with E-state index in [0.717, 1.165) is 6.07 Å². The van der Waals surface area contributed by atoms with Crippen LogP contribution in [0, 0.1) is 5.82 Å². The van der Waals surface area contributed by atoms with Crippen LogP contribution in [-0.4, -0.2) is 18.4 Å². The highest BCUT2D eigenvalue weighted by atomic mass is 35.5. The summed E-state index contributed by atoms with van der Waals surface area (Å²) in [4.78, 5) is 24.6. The van der Waals surface area contributed by atoms with E-state index in [2.05, 4.69) is 10.6 Å². The number of ether oxygens (including phenoxy) is 1. The minimum Gasteiger partial charge on any atom is -0.483 e. The molecule has 142 valence electrons. The predicted molar refractivity (Wildman–Crippen MR) is 106 cm³/mol. The Morgan fingerprint density at radius 1 is 0.929 bits per heavy atom. The van der Waals surface area contributed by atoms with Crippen molar-refractivity contribution in [2.24, 2.45) is 0 Å². The highest BCUT2D eigenvalue weighted by Gasteiger charge is 2.14. The summed E-state index contributed by atoms with van der Waals surface area (Å²) in [7, 11) is 0. The summed E-state index contributed by atoms with van der Waals surface area (Å²) in [5.41, 5.74) is 0.862. The first-order valence-corrected chi connectivity index (χ1v) is 8.74. The first-order valence-electron chi connectivity index (χ1n) is 8.36. The third kappa shape index (κ3) is 5.08. The van der Waals surface area contributed by atoms with Gasteiger partial charge in [0.1, 0.15) is 11.6 Å². The summed E-state index contributed by atoms with van der Waals surface area (Å²) in [5, 5.41) is 5.43. The molecule has 0 spiro atoms. The zero-order valence-electron chi connectivity index (χ0n) is 14.6. The van der Waals surface area contributed by atoms with Gasteiger partial charge < -0.3 is 15.4 Å². The van der Waals surface area contributed by atoms with Crippen LogP contribution in [0.5, 0.6) is 5.75 Å². The van der Waals surface area contributed by atoms with Gasteiger partial charge in [-0.25, -0.2) is 4.39 Å². The van der Waals surface area contributed by atoms with Crippen molar-refractivity contribution in [1.82, 2.24) is 0 Å². The SMILES string of the molecule is O=C(COc1ccccc1C(=O)Nc1ccccc1)Nc1cc(Cl)ccc1F. The average Bonchev–Trinajstić information content (AvgIpc) is 2.70. The second kappa shape index (κ2) is 9.01. The number of amides is 2. The van der Waals surface area contributed by atoms with Gasteiger partial charge in [-0.05, 0) is 42.5 Å². The van der Waals surface area contributed by atoms with Crippen LogP contribution < -0.4 is 15.4 Å². The molecule has 0 aromatic heterocycles. The summed E-state index contributed by atoms with van der Waals surface area (Å²) in [6.45, 7) is -0.401. The molecule has 3 rings (SSSR count). The number of nitrogens with one attached hydrogen (secondary N) is 2. The van der Waals surface area contributed by atoms with Gasteiger partial charge in [0.2, 0.25) is 0 Å². The number of para-hydroxylation sites is 2. The van der Waals surface area contributed by atoms with E-state index in [4.69, 9.17) is 16.3 Å². The Balaban J connectivity index is 1.65. The van der Waals surface area contributed by atoms with Crippen molar-refractivity contribution in [3.05, 3.63) is 89.2 Å². The first kappa shape index (κ1) is 19.4. The molecule has 0 heterocycles. The highest BCUT2D eigenvalue weighted by molar-refractivity contribution is 6.30. The van der Waals surface area contributed by atoms with Crippen LogP contribution in [0.1, 0.15) is 10.4 Å². The van der Waals surface area contributed by atoms with Gasteiger partial charge in [-0.2, -0.15) is 0 Å². The van der Waals surface area contributed by atoms with Gasteiger partial charge in [0.15, 0.2) is 6.61 Å². The summed E-state index contributed by atoms with van der Waals surface area (Å²) >= 11 is 5.80. The Morgan fingerprint density at radius 2 is 1.64 bits per heavy atom. The Hall–Kier alpha value is -3.38. The van der Waals surface area contributed by atoms with Crippen LogP contribution in [0.15, 0.2) is 72.8 Å². The minimum absolute atomic E-state index is 0.0452. The fourth-order valence-electron chi connectivity index (χ4n) is 2.42. The minimum atomic E-state index is -0.611. The Kier molecular flexibility index (Phi) is 6.24. The molecule has 0 saturated carbocycles. The molecule has 0 fully saturated rings. The van der Waals surface area contributed by atoms with Crippen LogP contribution in [0.4, 0.5) is 15.8 Å². The van der Waals surface area contributed by atoms with Crippen LogP contribution in [0.2, 0.25) is 5.02 Å². The van der Waals surface area contributed by atoms with Gasteiger partial charge in [-0.15, -0.1) is 0 Å². The third-order valence-corrected chi connectivity index (χ3v) is 3.96. The Bertz CT molecular complexity index is 996. The van der Waals surface area contributed by atoms with Crippen molar-refractivity contribution < 1.29 is 18.7 Å². The lowest BCUT2D eigenvalue weighted by molar-refractivity contribution is -0.118. The van der Waals surface area contributed by atoms with Crippen LogP contribution in [-0.2, 0) is 4.79 Å². The zero-order valence-corrected chi connectivity index (χ0v) is 15.4. The third-order valence-electron chi connectivity index (χ3n) is 3.72. The lowest BCUT2D eigenvalue weighted by atomic mass is 10.2. The quantitative estimate of drug-likeness (QED) is 0.629. The molecule has 5 nitrogen and oxygen atoms in total. The fourth-order valence-corrected chi connectivity index (χ4v) is 2.59. The van der Waals surface area contributed by atoms with Gasteiger partial charge >= 0.3 is 0 Å². The van der Waals surface area contributed by atoms with Gasteiger partial charge in [0.05, 0.1) is 11.3 Å². The standard InChI is InChI=1S/C21H16ClFN2O3/c22-14-10-11-17(23)18(12-14)25-20(26)13-28-19-9-5-4-8-16(19)21(27)24-15-6-2-1-3-7-15/h1-12H,13H2,(H,24,27)(H,25,26). The summed E-state index contributed by atoms with van der Waals surface area (Å²) in [5.74, 6) is -1.33. The van der Waals surface area contributed by atoms with E-state index >= 15 is 0 Å². The average molecular weight is 399 g/mol. The molecule has 0 radical (unpaired) electrons. The molecule has 7 heteroatoms. The van der Waals surface area contributed by atoms with E-state index in [9.17, 15) is 14.0 Å². The maximum absolute atomic E-state index is 13.7. The number of halogens is 2. The largest absolute Gasteiger partial charge is 0.483 e. The van der Waals surface area contributed by atoms with Gasteiger partial charge in [0, 0.05) is 10.7 Å². The highest BCUT2D eigenvalue weighted by Crippen LogP contribution is 2.21. The number of carbonyl (C=O) groups excluding carboxylic acids is 2. The molecule has 0 bridgehead atoms. The molecule has 0 saturated heterocycles. The van der Waals surface area contributed by atoms with Crippen LogP contribution in [0.25, 0.3) is 0 Å². The van der Waals surface area contributed by atoms with Crippen molar-refractivity contribution in [3.8, 4) is 5.75 Å². The molecule has 2 amide bonds. The van der Waals surface area contributed by atoms with Crippen molar-refractivity contribution in [1.29, 1.82) is 0 Å². The first-order chi connectivity index (χ1) is 13.5. The summed E-state index contributed by atoms with van der Waals surface area (Å²) in [6, 6.07) is 19.3. The lowest BCUT2D eigenvalue weighted by Gasteiger charge is -2.12. The Labute approximate surface area is 166 Å². The van der Waals surface area contributed by atoms with Gasteiger partial charge in [-0.1, -0.05) is 41.9 Å². The maximum atomic E-state index is 13.7. The summed E-state index contributed by atoms with van der Waals surface area (Å²) in [6.07, 6.45) is 0. The fraction of sp³-hybridized carbons (Fsp3) is 0.0476. The second-order valence-corrected chi connectivity index (χ2v) is 6.21. The normalized spacial score (nSPS) is 10.2. The number of anilines is 2. The van der Waals surface area contributed by atoms with Crippen molar-refractivity contribution in [2.45, 2.75) is 0 Å². The predicted octanol–water partition coefficient (Wildman–Crippen LogP) is 4.75. The molecule has 0 aliphatic rings. The van der Waals surface area contributed by atoms with Crippen molar-refractivity contribution >= 4 is 34.8 Å². The monoisotopic (exact) mass is 398 g/mol. The number of carbonyl (C=O) groups is 2. The van der Waals surface area contributed by atoms with E-state index in [0.29, 0.717) is 10.7 Å². The number of benzene rings is 3. The Morgan fingerprint density at radius 3 is 2.43 bits per heavy atom. The maximum Gasteiger partial charge on any atom is 0.262 e.